The lowest BCUT2D eigenvalue weighted by Gasteiger charge is -2.33. The second-order valence-corrected chi connectivity index (χ2v) is 8.62. The molecular weight excluding hydrogens is 362 g/mol. The van der Waals surface area contributed by atoms with E-state index in [-0.39, 0.29) is 4.90 Å². The van der Waals surface area contributed by atoms with E-state index in [1.165, 1.54) is 5.69 Å². The maximum absolute atomic E-state index is 12.6. The first-order valence-electron chi connectivity index (χ1n) is 9.37. The minimum Gasteiger partial charge on any atom is -0.494 e. The van der Waals surface area contributed by atoms with Crippen LogP contribution in [-0.2, 0) is 10.0 Å². The number of hydrogen-bond acceptors (Lipinski definition) is 5. The predicted molar refractivity (Wildman–Crippen MR) is 107 cm³/mol. The smallest absolute Gasteiger partial charge is 0.240 e. The first-order chi connectivity index (χ1) is 13.0. The van der Waals surface area contributed by atoms with Crippen LogP contribution >= 0.6 is 0 Å². The normalized spacial score (nSPS) is 15.7. The Morgan fingerprint density at radius 2 is 1.89 bits per heavy atom. The Hall–Kier alpha value is -2.12. The summed E-state index contributed by atoms with van der Waals surface area (Å²) < 4.78 is 33.5. The van der Waals surface area contributed by atoms with Crippen LogP contribution in [0, 0.1) is 12.8 Å². The molecule has 0 aliphatic carbocycles. The van der Waals surface area contributed by atoms with Gasteiger partial charge in [-0.05, 0) is 68.5 Å². The number of nitrogens with zero attached hydrogens (tertiary/aromatic N) is 2. The molecule has 27 heavy (non-hydrogen) atoms. The molecule has 1 aromatic carbocycles. The lowest BCUT2D eigenvalue weighted by molar-refractivity contribution is 0.337. The summed E-state index contributed by atoms with van der Waals surface area (Å²) in [5.41, 5.74) is 2.00. The third-order valence-electron chi connectivity index (χ3n) is 4.96. The van der Waals surface area contributed by atoms with E-state index >= 15 is 0 Å². The van der Waals surface area contributed by atoms with Gasteiger partial charge in [0, 0.05) is 37.7 Å². The summed E-state index contributed by atoms with van der Waals surface area (Å²) in [4.78, 5) is 6.66. The van der Waals surface area contributed by atoms with Crippen LogP contribution in [0.15, 0.2) is 47.6 Å². The standard InChI is InChI=1S/C20H27N3O3S/c1-3-26-20-5-4-19(14-16(20)2)27(24,25)22-15-17-8-12-23(13-9-17)18-6-10-21-11-7-18/h4-7,10-11,14,17,22H,3,8-9,12-13,15H2,1-2H3. The summed E-state index contributed by atoms with van der Waals surface area (Å²) in [5.74, 6) is 1.07. The van der Waals surface area contributed by atoms with Gasteiger partial charge in [0.1, 0.15) is 5.75 Å². The molecule has 0 saturated carbocycles. The molecular formula is C20H27N3O3S. The highest BCUT2D eigenvalue weighted by atomic mass is 32.2. The molecule has 0 radical (unpaired) electrons. The number of piperidine rings is 1. The topological polar surface area (TPSA) is 71.5 Å². The SMILES string of the molecule is CCOc1ccc(S(=O)(=O)NCC2CCN(c3ccncc3)CC2)cc1C. The zero-order valence-corrected chi connectivity index (χ0v) is 16.7. The molecule has 0 bridgehead atoms. The fourth-order valence-corrected chi connectivity index (χ4v) is 4.57. The molecule has 0 atom stereocenters. The van der Waals surface area contributed by atoms with E-state index in [2.05, 4.69) is 14.6 Å². The Labute approximate surface area is 161 Å². The van der Waals surface area contributed by atoms with E-state index in [4.69, 9.17) is 4.74 Å². The number of rotatable bonds is 7. The molecule has 1 fully saturated rings. The summed E-state index contributed by atoms with van der Waals surface area (Å²) in [6, 6.07) is 9.01. The Morgan fingerprint density at radius 3 is 2.52 bits per heavy atom. The Balaban J connectivity index is 1.54. The average Bonchev–Trinajstić information content (AvgIpc) is 2.69. The van der Waals surface area contributed by atoms with Crippen molar-refractivity contribution in [3.63, 3.8) is 0 Å². The van der Waals surface area contributed by atoms with Crippen LogP contribution in [0.2, 0.25) is 0 Å². The molecule has 7 heteroatoms. The van der Waals surface area contributed by atoms with Crippen molar-refractivity contribution < 1.29 is 13.2 Å². The van der Waals surface area contributed by atoms with Crippen LogP contribution in [0.1, 0.15) is 25.3 Å². The Kier molecular flexibility index (Phi) is 6.34. The van der Waals surface area contributed by atoms with Gasteiger partial charge in [-0.2, -0.15) is 0 Å². The Bertz CT molecular complexity index is 848. The first kappa shape index (κ1) is 19.6. The van der Waals surface area contributed by atoms with E-state index in [9.17, 15) is 8.42 Å². The number of benzene rings is 1. The van der Waals surface area contributed by atoms with Crippen LogP contribution in [0.3, 0.4) is 0 Å². The largest absolute Gasteiger partial charge is 0.494 e. The summed E-state index contributed by atoms with van der Waals surface area (Å²) in [6.45, 7) is 6.66. The molecule has 2 heterocycles. The molecule has 1 aromatic heterocycles. The summed E-state index contributed by atoms with van der Waals surface area (Å²) in [5, 5.41) is 0. The van der Waals surface area contributed by atoms with E-state index in [1.807, 2.05) is 26.0 Å². The van der Waals surface area contributed by atoms with Gasteiger partial charge in [-0.3, -0.25) is 4.98 Å². The van der Waals surface area contributed by atoms with Crippen molar-refractivity contribution in [2.24, 2.45) is 5.92 Å². The van der Waals surface area contributed by atoms with Crippen molar-refractivity contribution in [3.8, 4) is 5.75 Å². The van der Waals surface area contributed by atoms with Gasteiger partial charge < -0.3 is 9.64 Å². The molecule has 146 valence electrons. The number of sulfonamides is 1. The zero-order valence-electron chi connectivity index (χ0n) is 15.9. The zero-order chi connectivity index (χ0) is 19.3. The van der Waals surface area contributed by atoms with Gasteiger partial charge in [0.05, 0.1) is 11.5 Å². The fourth-order valence-electron chi connectivity index (χ4n) is 3.37. The molecule has 0 unspecified atom stereocenters. The molecule has 1 saturated heterocycles. The van der Waals surface area contributed by atoms with Gasteiger partial charge >= 0.3 is 0 Å². The Morgan fingerprint density at radius 1 is 1.19 bits per heavy atom. The molecule has 6 nitrogen and oxygen atoms in total. The molecule has 1 aliphatic heterocycles. The van der Waals surface area contributed by atoms with Gasteiger partial charge in [-0.1, -0.05) is 0 Å². The molecule has 3 rings (SSSR count). The quantitative estimate of drug-likeness (QED) is 0.788. The molecule has 0 spiro atoms. The number of hydrogen-bond donors (Lipinski definition) is 1. The maximum atomic E-state index is 12.6. The predicted octanol–water partition coefficient (Wildman–Crippen LogP) is 2.98. The monoisotopic (exact) mass is 389 g/mol. The first-order valence-corrected chi connectivity index (χ1v) is 10.9. The van der Waals surface area contributed by atoms with Crippen LogP contribution in [-0.4, -0.2) is 39.6 Å². The molecule has 1 aliphatic rings. The van der Waals surface area contributed by atoms with Crippen LogP contribution in [0.4, 0.5) is 5.69 Å². The molecule has 1 N–H and O–H groups in total. The van der Waals surface area contributed by atoms with Gasteiger partial charge in [0.2, 0.25) is 10.0 Å². The van der Waals surface area contributed by atoms with Gasteiger partial charge in [0.25, 0.3) is 0 Å². The van der Waals surface area contributed by atoms with Crippen molar-refractivity contribution in [3.05, 3.63) is 48.3 Å². The summed E-state index contributed by atoms with van der Waals surface area (Å²) in [7, 11) is -3.51. The van der Waals surface area contributed by atoms with Gasteiger partial charge in [0.15, 0.2) is 0 Å². The molecule has 2 aromatic rings. The van der Waals surface area contributed by atoms with Crippen LogP contribution in [0.5, 0.6) is 5.75 Å². The highest BCUT2D eigenvalue weighted by molar-refractivity contribution is 7.89. The summed E-state index contributed by atoms with van der Waals surface area (Å²) in [6.07, 6.45) is 5.53. The van der Waals surface area contributed by atoms with Crippen LogP contribution in [0.25, 0.3) is 0 Å². The summed E-state index contributed by atoms with van der Waals surface area (Å²) >= 11 is 0. The van der Waals surface area contributed by atoms with Crippen LogP contribution < -0.4 is 14.4 Å². The van der Waals surface area contributed by atoms with Crippen molar-refractivity contribution in [2.75, 3.05) is 31.1 Å². The average molecular weight is 390 g/mol. The number of nitrogens with one attached hydrogen (secondary N) is 1. The van der Waals surface area contributed by atoms with Gasteiger partial charge in [-0.25, -0.2) is 13.1 Å². The van der Waals surface area contributed by atoms with E-state index in [1.54, 1.807) is 30.6 Å². The second-order valence-electron chi connectivity index (χ2n) is 6.85. The van der Waals surface area contributed by atoms with Crippen molar-refractivity contribution in [2.45, 2.75) is 31.6 Å². The highest BCUT2D eigenvalue weighted by Crippen LogP contribution is 2.24. The second kappa shape index (κ2) is 8.71. The van der Waals surface area contributed by atoms with Crippen molar-refractivity contribution in [1.82, 2.24) is 9.71 Å². The van der Waals surface area contributed by atoms with E-state index < -0.39 is 10.0 Å². The minimum absolute atomic E-state index is 0.290. The lowest BCUT2D eigenvalue weighted by atomic mass is 9.97. The lowest BCUT2D eigenvalue weighted by Crippen LogP contribution is -2.38. The van der Waals surface area contributed by atoms with E-state index in [0.717, 1.165) is 37.2 Å². The van der Waals surface area contributed by atoms with Crippen molar-refractivity contribution in [1.29, 1.82) is 0 Å². The maximum Gasteiger partial charge on any atom is 0.240 e. The minimum atomic E-state index is -3.51. The van der Waals surface area contributed by atoms with E-state index in [0.29, 0.717) is 19.1 Å². The molecule has 0 amide bonds. The van der Waals surface area contributed by atoms with Crippen molar-refractivity contribution >= 4 is 15.7 Å². The number of aryl methyl sites for hydroxylation is 1. The third-order valence-corrected chi connectivity index (χ3v) is 6.38. The highest BCUT2D eigenvalue weighted by Gasteiger charge is 2.22. The number of aromatic nitrogens is 1. The fraction of sp³-hybridized carbons (Fsp3) is 0.450. The number of anilines is 1. The number of ether oxygens (including phenoxy) is 1. The van der Waals surface area contributed by atoms with Gasteiger partial charge in [-0.15, -0.1) is 0 Å². The number of pyridine rings is 1. The third kappa shape index (κ3) is 4.99.